The van der Waals surface area contributed by atoms with Crippen molar-refractivity contribution in [1.29, 1.82) is 0 Å². The summed E-state index contributed by atoms with van der Waals surface area (Å²) in [5.74, 6) is -1.00. The summed E-state index contributed by atoms with van der Waals surface area (Å²) in [6.07, 6.45) is -3.22. The van der Waals surface area contributed by atoms with E-state index in [0.717, 1.165) is 12.5 Å². The van der Waals surface area contributed by atoms with Crippen molar-refractivity contribution in [1.82, 2.24) is 4.90 Å². The maximum Gasteiger partial charge on any atom is 0.420 e. The van der Waals surface area contributed by atoms with Gasteiger partial charge in [0.2, 0.25) is 0 Å². The van der Waals surface area contributed by atoms with E-state index in [-0.39, 0.29) is 23.8 Å². The number of alkyl halides is 3. The lowest BCUT2D eigenvalue weighted by Gasteiger charge is -2.33. The molecule has 3 N–H and O–H groups in total. The predicted octanol–water partition coefficient (Wildman–Crippen LogP) is 5.31. The van der Waals surface area contributed by atoms with Crippen molar-refractivity contribution in [2.45, 2.75) is 78.2 Å². The molecule has 0 aromatic heterocycles. The number of ether oxygens (including phenoxy) is 1. The van der Waals surface area contributed by atoms with E-state index in [2.05, 4.69) is 0 Å². The molecule has 0 heterocycles. The van der Waals surface area contributed by atoms with E-state index in [0.29, 0.717) is 12.8 Å². The molecule has 1 aromatic rings. The van der Waals surface area contributed by atoms with Gasteiger partial charge in [0.05, 0.1) is 11.3 Å². The third-order valence-corrected chi connectivity index (χ3v) is 4.02. The molecule has 0 saturated heterocycles. The molecule has 1 amide bonds. The van der Waals surface area contributed by atoms with Crippen LogP contribution in [0.3, 0.4) is 0 Å². The van der Waals surface area contributed by atoms with Crippen LogP contribution in [0.5, 0.6) is 5.75 Å². The number of phenolic OH excluding ortho intramolecular Hbond substituents is 1. The first-order chi connectivity index (χ1) is 12.3. The summed E-state index contributed by atoms with van der Waals surface area (Å²) in [5.41, 5.74) is 3.40. The molecule has 0 saturated carbocycles. The van der Waals surface area contributed by atoms with Crippen molar-refractivity contribution in [3.05, 3.63) is 23.3 Å². The van der Waals surface area contributed by atoms with Crippen molar-refractivity contribution in [2.75, 3.05) is 5.73 Å². The van der Waals surface area contributed by atoms with Crippen LogP contribution in [0.25, 0.3) is 0 Å². The van der Waals surface area contributed by atoms with Crippen molar-refractivity contribution in [2.24, 2.45) is 0 Å². The number of hydrogen-bond acceptors (Lipinski definition) is 4. The van der Waals surface area contributed by atoms with Crippen molar-refractivity contribution in [3.8, 4) is 5.75 Å². The zero-order chi connectivity index (χ0) is 21.0. The molecule has 1 atom stereocenters. The molecule has 1 aromatic carbocycles. The minimum atomic E-state index is -4.75. The second-order valence-corrected chi connectivity index (χ2v) is 7.54. The number of nitrogen functional groups attached to an aromatic ring is 1. The number of carbonyl (C=O) groups excluding carboxylic acids is 1. The minimum absolute atomic E-state index is 0.0962. The molecule has 27 heavy (non-hydrogen) atoms. The number of hydrogen-bond donors (Lipinski definition) is 2. The highest BCUT2D eigenvalue weighted by atomic mass is 19.4. The number of aromatic hydroxyl groups is 1. The van der Waals surface area contributed by atoms with Crippen LogP contribution in [-0.4, -0.2) is 27.7 Å². The predicted molar refractivity (Wildman–Crippen MR) is 98.3 cm³/mol. The topological polar surface area (TPSA) is 75.8 Å². The third kappa shape index (κ3) is 6.52. The fourth-order valence-electron chi connectivity index (χ4n) is 2.80. The van der Waals surface area contributed by atoms with E-state index in [9.17, 15) is 23.1 Å². The molecule has 1 unspecified atom stereocenters. The summed E-state index contributed by atoms with van der Waals surface area (Å²) in [5, 5.41) is 9.64. The monoisotopic (exact) mass is 390 g/mol. The average molecular weight is 390 g/mol. The largest absolute Gasteiger partial charge is 0.505 e. The molecule has 5 nitrogen and oxygen atoms in total. The standard InChI is InChI=1S/C19H29F3N2O3/c1-6-8-13(7-2)24(17(26)27-18(3,4)5)11-12-9-14(19(20,21)22)16(25)15(23)10-12/h9-10,13,25H,6-8,11,23H2,1-5H3. The van der Waals surface area contributed by atoms with Crippen LogP contribution in [0, 0.1) is 0 Å². The molecule has 0 aliphatic heterocycles. The third-order valence-electron chi connectivity index (χ3n) is 4.02. The lowest BCUT2D eigenvalue weighted by molar-refractivity contribution is -0.138. The number of nitrogens with two attached hydrogens (primary N) is 1. The van der Waals surface area contributed by atoms with Gasteiger partial charge in [0.15, 0.2) is 5.75 Å². The molecule has 0 aliphatic rings. The molecule has 0 fully saturated rings. The van der Waals surface area contributed by atoms with Gasteiger partial charge in [-0.1, -0.05) is 20.3 Å². The molecule has 8 heteroatoms. The Morgan fingerprint density at radius 1 is 1.26 bits per heavy atom. The van der Waals surface area contributed by atoms with Crippen LogP contribution in [0.15, 0.2) is 12.1 Å². The number of rotatable bonds is 6. The number of nitrogens with zero attached hydrogens (tertiary/aromatic N) is 1. The van der Waals surface area contributed by atoms with Gasteiger partial charge in [-0.3, -0.25) is 0 Å². The number of halogens is 3. The second kappa shape index (κ2) is 8.71. The van der Waals surface area contributed by atoms with Gasteiger partial charge in [-0.05, 0) is 51.3 Å². The van der Waals surface area contributed by atoms with E-state index < -0.39 is 29.2 Å². The van der Waals surface area contributed by atoms with Crippen molar-refractivity contribution < 1.29 is 27.8 Å². The Balaban J connectivity index is 3.29. The van der Waals surface area contributed by atoms with Crippen LogP contribution < -0.4 is 5.73 Å². The van der Waals surface area contributed by atoms with Gasteiger partial charge in [-0.2, -0.15) is 13.2 Å². The average Bonchev–Trinajstić information content (AvgIpc) is 2.50. The summed E-state index contributed by atoms with van der Waals surface area (Å²) in [6, 6.07) is 1.89. The van der Waals surface area contributed by atoms with E-state index in [4.69, 9.17) is 10.5 Å². The summed E-state index contributed by atoms with van der Waals surface area (Å²) in [4.78, 5) is 14.1. The molecular weight excluding hydrogens is 361 g/mol. The van der Waals surface area contributed by atoms with E-state index >= 15 is 0 Å². The lowest BCUT2D eigenvalue weighted by atomic mass is 10.0. The Morgan fingerprint density at radius 3 is 2.30 bits per heavy atom. The van der Waals surface area contributed by atoms with Gasteiger partial charge in [-0.15, -0.1) is 0 Å². The molecule has 154 valence electrons. The Kier molecular flexibility index (Phi) is 7.40. The van der Waals surface area contributed by atoms with E-state index in [1.807, 2.05) is 13.8 Å². The van der Waals surface area contributed by atoms with E-state index in [1.165, 1.54) is 11.0 Å². The Labute approximate surface area is 158 Å². The molecule has 0 bridgehead atoms. The minimum Gasteiger partial charge on any atom is -0.505 e. The van der Waals surface area contributed by atoms with Crippen LogP contribution >= 0.6 is 0 Å². The van der Waals surface area contributed by atoms with Gasteiger partial charge < -0.3 is 20.5 Å². The van der Waals surface area contributed by atoms with Crippen LogP contribution in [-0.2, 0) is 17.5 Å². The van der Waals surface area contributed by atoms with Gasteiger partial charge >= 0.3 is 12.3 Å². The zero-order valence-corrected chi connectivity index (χ0v) is 16.5. The maximum absolute atomic E-state index is 13.2. The SMILES string of the molecule is CCCC(CC)N(Cc1cc(N)c(O)c(C(F)(F)F)c1)C(=O)OC(C)(C)C. The first-order valence-electron chi connectivity index (χ1n) is 8.98. The van der Waals surface area contributed by atoms with Crippen LogP contribution in [0.4, 0.5) is 23.7 Å². The number of carbonyl (C=O) groups is 1. The summed E-state index contributed by atoms with van der Waals surface area (Å²) >= 11 is 0. The molecule has 0 radical (unpaired) electrons. The highest BCUT2D eigenvalue weighted by Crippen LogP contribution is 2.40. The Hall–Kier alpha value is -2.12. The zero-order valence-electron chi connectivity index (χ0n) is 16.5. The smallest absolute Gasteiger partial charge is 0.420 e. The van der Waals surface area contributed by atoms with Gasteiger partial charge in [0, 0.05) is 12.6 Å². The van der Waals surface area contributed by atoms with Crippen molar-refractivity contribution >= 4 is 11.8 Å². The molecular formula is C19H29F3N2O3. The normalized spacial score (nSPS) is 13.3. The maximum atomic E-state index is 13.2. The van der Waals surface area contributed by atoms with Gasteiger partial charge in [0.1, 0.15) is 5.60 Å². The molecule has 0 spiro atoms. The van der Waals surface area contributed by atoms with Crippen LogP contribution in [0.1, 0.15) is 65.0 Å². The number of amides is 1. The highest BCUT2D eigenvalue weighted by Gasteiger charge is 2.36. The molecule has 1 rings (SSSR count). The second-order valence-electron chi connectivity index (χ2n) is 7.54. The fraction of sp³-hybridized carbons (Fsp3) is 0.632. The van der Waals surface area contributed by atoms with E-state index in [1.54, 1.807) is 20.8 Å². The van der Waals surface area contributed by atoms with Crippen molar-refractivity contribution in [3.63, 3.8) is 0 Å². The summed E-state index contributed by atoms with van der Waals surface area (Å²) < 4.78 is 44.9. The molecule has 0 aliphatic carbocycles. The Bertz CT molecular complexity index is 655. The fourth-order valence-corrected chi connectivity index (χ4v) is 2.80. The highest BCUT2D eigenvalue weighted by molar-refractivity contribution is 5.69. The quantitative estimate of drug-likeness (QED) is 0.510. The number of benzene rings is 1. The van der Waals surface area contributed by atoms with Crippen LogP contribution in [0.2, 0.25) is 0 Å². The first kappa shape index (κ1) is 22.9. The van der Waals surface area contributed by atoms with Gasteiger partial charge in [0.25, 0.3) is 0 Å². The summed E-state index contributed by atoms with van der Waals surface area (Å²) in [6.45, 7) is 8.96. The first-order valence-corrected chi connectivity index (χ1v) is 8.98. The number of phenols is 1. The number of anilines is 1. The van der Waals surface area contributed by atoms with Gasteiger partial charge in [-0.25, -0.2) is 4.79 Å². The summed E-state index contributed by atoms with van der Waals surface area (Å²) in [7, 11) is 0. The lowest BCUT2D eigenvalue weighted by Crippen LogP contribution is -2.42. The Morgan fingerprint density at radius 2 is 1.85 bits per heavy atom.